The van der Waals surface area contributed by atoms with E-state index in [1.807, 2.05) is 6.92 Å². The maximum Gasteiger partial charge on any atom is 0.308 e. The fourth-order valence-electron chi connectivity index (χ4n) is 2.85. The molecular formula is C16H20N2O5. The van der Waals surface area contributed by atoms with Gasteiger partial charge in [-0.1, -0.05) is 6.92 Å². The second-order valence-electron chi connectivity index (χ2n) is 5.54. The highest BCUT2D eigenvalue weighted by Gasteiger charge is 2.29. The summed E-state index contributed by atoms with van der Waals surface area (Å²) >= 11 is 0. The third-order valence-corrected chi connectivity index (χ3v) is 4.23. The molecule has 1 saturated heterocycles. The number of methoxy groups -OCH3 is 1. The van der Waals surface area contributed by atoms with Crippen molar-refractivity contribution in [3.63, 3.8) is 0 Å². The minimum atomic E-state index is -0.463. The predicted octanol–water partition coefficient (Wildman–Crippen LogP) is 2.18. The number of non-ortho nitro benzene ring substituents is 1. The van der Waals surface area contributed by atoms with E-state index < -0.39 is 4.92 Å². The highest BCUT2D eigenvalue weighted by atomic mass is 16.6. The Morgan fingerprint density at radius 2 is 2.00 bits per heavy atom. The lowest BCUT2D eigenvalue weighted by molar-refractivity contribution is -0.384. The fraction of sp³-hybridized carbons (Fsp3) is 0.500. The topological polar surface area (TPSA) is 89.8 Å². The number of hydrogen-bond acceptors (Lipinski definition) is 5. The van der Waals surface area contributed by atoms with Crippen molar-refractivity contribution in [2.45, 2.75) is 26.2 Å². The Morgan fingerprint density at radius 3 is 2.52 bits per heavy atom. The van der Waals surface area contributed by atoms with Gasteiger partial charge in [-0.05, 0) is 30.9 Å². The summed E-state index contributed by atoms with van der Waals surface area (Å²) in [6, 6.07) is 4.33. The number of esters is 1. The van der Waals surface area contributed by atoms with Crippen LogP contribution in [0.4, 0.5) is 5.69 Å². The van der Waals surface area contributed by atoms with Gasteiger partial charge in [0.2, 0.25) is 0 Å². The number of nitro groups is 1. The van der Waals surface area contributed by atoms with Crippen molar-refractivity contribution in [1.29, 1.82) is 0 Å². The SMILES string of the molecule is CCc1cc([N+](=O)[O-])ccc1C(=O)N1CCC(C(=O)OC)CC1. The Balaban J connectivity index is 2.12. The molecule has 1 heterocycles. The Morgan fingerprint density at radius 1 is 1.35 bits per heavy atom. The average molecular weight is 320 g/mol. The molecule has 23 heavy (non-hydrogen) atoms. The molecule has 0 aromatic heterocycles. The van der Waals surface area contributed by atoms with Gasteiger partial charge in [0, 0.05) is 30.8 Å². The second-order valence-corrected chi connectivity index (χ2v) is 5.54. The van der Waals surface area contributed by atoms with Gasteiger partial charge in [-0.3, -0.25) is 19.7 Å². The molecule has 2 rings (SSSR count). The number of likely N-dealkylation sites (tertiary alicyclic amines) is 1. The van der Waals surface area contributed by atoms with Crippen molar-refractivity contribution in [2.24, 2.45) is 5.92 Å². The molecule has 1 fully saturated rings. The molecule has 0 bridgehead atoms. The first-order valence-corrected chi connectivity index (χ1v) is 7.62. The van der Waals surface area contributed by atoms with Gasteiger partial charge in [-0.2, -0.15) is 0 Å². The minimum Gasteiger partial charge on any atom is -0.469 e. The van der Waals surface area contributed by atoms with Gasteiger partial charge in [0.05, 0.1) is 18.0 Å². The summed E-state index contributed by atoms with van der Waals surface area (Å²) < 4.78 is 4.74. The standard InChI is InChI=1S/C16H20N2O5/c1-3-11-10-13(18(21)22)4-5-14(11)15(19)17-8-6-12(7-9-17)16(20)23-2/h4-5,10,12H,3,6-9H2,1-2H3. The van der Waals surface area contributed by atoms with Gasteiger partial charge in [0.15, 0.2) is 0 Å². The van der Waals surface area contributed by atoms with Crippen LogP contribution in [0.15, 0.2) is 18.2 Å². The van der Waals surface area contributed by atoms with E-state index in [2.05, 4.69) is 0 Å². The van der Waals surface area contributed by atoms with Crippen molar-refractivity contribution >= 4 is 17.6 Å². The lowest BCUT2D eigenvalue weighted by Gasteiger charge is -2.31. The summed E-state index contributed by atoms with van der Waals surface area (Å²) in [5.41, 5.74) is 1.15. The minimum absolute atomic E-state index is 0.0113. The van der Waals surface area contributed by atoms with E-state index >= 15 is 0 Å². The number of piperidine rings is 1. The molecule has 7 nitrogen and oxygen atoms in total. The molecule has 0 N–H and O–H groups in total. The van der Waals surface area contributed by atoms with E-state index in [9.17, 15) is 19.7 Å². The highest BCUT2D eigenvalue weighted by Crippen LogP contribution is 2.23. The molecule has 1 amide bonds. The second kappa shape index (κ2) is 7.21. The molecule has 0 radical (unpaired) electrons. The monoisotopic (exact) mass is 320 g/mol. The average Bonchev–Trinajstić information content (AvgIpc) is 2.59. The first-order valence-electron chi connectivity index (χ1n) is 7.62. The Kier molecular flexibility index (Phi) is 5.31. The van der Waals surface area contributed by atoms with Crippen LogP contribution in [0.2, 0.25) is 0 Å². The molecule has 0 unspecified atom stereocenters. The van der Waals surface area contributed by atoms with E-state index in [4.69, 9.17) is 4.74 Å². The number of amides is 1. The lowest BCUT2D eigenvalue weighted by Crippen LogP contribution is -2.40. The molecule has 0 spiro atoms. The zero-order chi connectivity index (χ0) is 17.0. The third kappa shape index (κ3) is 3.67. The van der Waals surface area contributed by atoms with Crippen molar-refractivity contribution in [2.75, 3.05) is 20.2 Å². The van der Waals surface area contributed by atoms with Gasteiger partial charge in [-0.25, -0.2) is 0 Å². The van der Waals surface area contributed by atoms with Crippen LogP contribution in [0.25, 0.3) is 0 Å². The van der Waals surface area contributed by atoms with E-state index in [0.717, 1.165) is 0 Å². The molecule has 0 saturated carbocycles. The number of nitro benzene ring substituents is 1. The van der Waals surface area contributed by atoms with Crippen LogP contribution in [-0.2, 0) is 16.0 Å². The normalized spacial score (nSPS) is 15.3. The quantitative estimate of drug-likeness (QED) is 0.482. The number of hydrogen-bond donors (Lipinski definition) is 0. The Hall–Kier alpha value is -2.44. The molecule has 1 aromatic rings. The summed E-state index contributed by atoms with van der Waals surface area (Å²) in [5, 5.41) is 10.8. The van der Waals surface area contributed by atoms with Crippen LogP contribution in [0.5, 0.6) is 0 Å². The van der Waals surface area contributed by atoms with E-state index in [1.54, 1.807) is 4.90 Å². The van der Waals surface area contributed by atoms with Crippen LogP contribution >= 0.6 is 0 Å². The molecule has 1 aromatic carbocycles. The Bertz CT molecular complexity index is 621. The summed E-state index contributed by atoms with van der Waals surface area (Å²) in [6.45, 7) is 2.83. The van der Waals surface area contributed by atoms with Crippen molar-refractivity contribution < 1.29 is 19.2 Å². The van der Waals surface area contributed by atoms with E-state index in [1.165, 1.54) is 25.3 Å². The predicted molar refractivity (Wildman–Crippen MR) is 83.1 cm³/mol. The van der Waals surface area contributed by atoms with Gasteiger partial charge >= 0.3 is 5.97 Å². The van der Waals surface area contributed by atoms with E-state index in [0.29, 0.717) is 43.5 Å². The Labute approximate surface area is 134 Å². The largest absolute Gasteiger partial charge is 0.469 e. The molecule has 7 heteroatoms. The fourth-order valence-corrected chi connectivity index (χ4v) is 2.85. The first-order chi connectivity index (χ1) is 11.0. The van der Waals surface area contributed by atoms with Crippen molar-refractivity contribution in [3.8, 4) is 0 Å². The maximum absolute atomic E-state index is 12.6. The van der Waals surface area contributed by atoms with Crippen LogP contribution in [0, 0.1) is 16.0 Å². The molecule has 0 aliphatic carbocycles. The number of aryl methyl sites for hydroxylation is 1. The summed E-state index contributed by atoms with van der Waals surface area (Å²) in [7, 11) is 1.37. The van der Waals surface area contributed by atoms with Gasteiger partial charge in [0.25, 0.3) is 11.6 Å². The van der Waals surface area contributed by atoms with Crippen LogP contribution in [0.3, 0.4) is 0 Å². The smallest absolute Gasteiger partial charge is 0.308 e. The van der Waals surface area contributed by atoms with Gasteiger partial charge < -0.3 is 9.64 Å². The molecule has 124 valence electrons. The number of rotatable bonds is 4. The van der Waals surface area contributed by atoms with Crippen LogP contribution < -0.4 is 0 Å². The molecule has 0 atom stereocenters. The number of carbonyl (C=O) groups is 2. The zero-order valence-electron chi connectivity index (χ0n) is 13.3. The van der Waals surface area contributed by atoms with Gasteiger partial charge in [0.1, 0.15) is 0 Å². The van der Waals surface area contributed by atoms with Crippen LogP contribution in [0.1, 0.15) is 35.7 Å². The van der Waals surface area contributed by atoms with Gasteiger partial charge in [-0.15, -0.1) is 0 Å². The molecular weight excluding hydrogens is 300 g/mol. The highest BCUT2D eigenvalue weighted by molar-refractivity contribution is 5.96. The van der Waals surface area contributed by atoms with Crippen molar-refractivity contribution in [1.82, 2.24) is 4.90 Å². The van der Waals surface area contributed by atoms with E-state index in [-0.39, 0.29) is 23.5 Å². The number of ether oxygens (including phenoxy) is 1. The van der Waals surface area contributed by atoms with Crippen molar-refractivity contribution in [3.05, 3.63) is 39.4 Å². The zero-order valence-corrected chi connectivity index (χ0v) is 13.3. The lowest BCUT2D eigenvalue weighted by atomic mass is 9.95. The summed E-state index contributed by atoms with van der Waals surface area (Å²) in [5.74, 6) is -0.534. The van der Waals surface area contributed by atoms with Crippen LogP contribution in [-0.4, -0.2) is 41.9 Å². The summed E-state index contributed by atoms with van der Waals surface area (Å²) in [4.78, 5) is 36.3. The first kappa shape index (κ1) is 16.9. The number of benzene rings is 1. The molecule has 1 aliphatic heterocycles. The number of carbonyl (C=O) groups excluding carboxylic acids is 2. The number of nitrogens with zero attached hydrogens (tertiary/aromatic N) is 2. The third-order valence-electron chi connectivity index (χ3n) is 4.23. The summed E-state index contributed by atoms with van der Waals surface area (Å²) in [6.07, 6.45) is 1.70. The molecule has 1 aliphatic rings. The maximum atomic E-state index is 12.6.